The van der Waals surface area contributed by atoms with Crippen LogP contribution in [0.15, 0.2) is 23.1 Å². The fraction of sp³-hybridized carbons (Fsp3) is 0.364. The number of aliphatic carboxylic acids is 1. The van der Waals surface area contributed by atoms with Gasteiger partial charge in [-0.05, 0) is 24.3 Å². The highest BCUT2D eigenvalue weighted by Gasteiger charge is 2.45. The Kier molecular flexibility index (Phi) is 4.29. The summed E-state index contributed by atoms with van der Waals surface area (Å²) in [6.45, 7) is 0. The van der Waals surface area contributed by atoms with Gasteiger partial charge in [-0.15, -0.1) is 0 Å². The maximum absolute atomic E-state index is 13.8. The Balaban J connectivity index is 2.41. The van der Waals surface area contributed by atoms with Gasteiger partial charge in [0.15, 0.2) is 5.82 Å². The molecule has 1 aromatic rings. The molecule has 1 heterocycles. The predicted molar refractivity (Wildman–Crippen MR) is 74.0 cm³/mol. The number of carboxylic acid groups (broad SMARTS) is 1. The maximum Gasteiger partial charge on any atom is 0.325 e. The second kappa shape index (κ2) is 5.51. The number of hydrogen-bond acceptors (Lipinski definition) is 4. The lowest BCUT2D eigenvalue weighted by molar-refractivity contribution is -0.142. The monoisotopic (exact) mass is 339 g/mol. The Morgan fingerprint density at radius 2 is 2.20 bits per heavy atom. The van der Waals surface area contributed by atoms with Gasteiger partial charge < -0.3 is 5.11 Å². The van der Waals surface area contributed by atoms with Crippen molar-refractivity contribution < 1.29 is 22.7 Å². The van der Waals surface area contributed by atoms with E-state index in [2.05, 4.69) is 4.72 Å². The number of rotatable bonds is 4. The summed E-state index contributed by atoms with van der Waals surface area (Å²) in [7, 11) is -4.30. The summed E-state index contributed by atoms with van der Waals surface area (Å²) in [6, 6.07) is 3.55. The molecule has 0 spiro atoms. The summed E-state index contributed by atoms with van der Waals surface area (Å²) in [5.74, 6) is -1.74. The van der Waals surface area contributed by atoms with Gasteiger partial charge in [0.05, 0.1) is 5.02 Å². The Morgan fingerprint density at radius 3 is 2.75 bits per heavy atom. The number of carboxylic acids is 1. The van der Waals surface area contributed by atoms with Crippen LogP contribution < -0.4 is 4.72 Å². The van der Waals surface area contributed by atoms with E-state index in [4.69, 9.17) is 11.6 Å². The molecule has 0 radical (unpaired) electrons. The highest BCUT2D eigenvalue weighted by Crippen LogP contribution is 2.31. The van der Waals surface area contributed by atoms with Crippen LogP contribution in [-0.2, 0) is 14.8 Å². The van der Waals surface area contributed by atoms with Crippen molar-refractivity contribution in [2.24, 2.45) is 0 Å². The van der Waals surface area contributed by atoms with Gasteiger partial charge in [-0.2, -0.15) is 16.5 Å². The smallest absolute Gasteiger partial charge is 0.325 e. The van der Waals surface area contributed by atoms with E-state index in [1.54, 1.807) is 0 Å². The lowest BCUT2D eigenvalue weighted by Crippen LogP contribution is -2.54. The molecule has 1 aromatic carbocycles. The molecule has 1 aliphatic heterocycles. The van der Waals surface area contributed by atoms with Gasteiger partial charge in [0.1, 0.15) is 10.4 Å². The minimum absolute atomic E-state index is 0.101. The highest BCUT2D eigenvalue weighted by atomic mass is 35.5. The Bertz CT molecular complexity index is 644. The first-order valence-corrected chi connectivity index (χ1v) is 8.59. The average Bonchev–Trinajstić information content (AvgIpc) is 2.81. The molecule has 0 aliphatic carbocycles. The van der Waals surface area contributed by atoms with Crippen LogP contribution in [0.1, 0.15) is 6.42 Å². The topological polar surface area (TPSA) is 83.5 Å². The van der Waals surface area contributed by atoms with Gasteiger partial charge in [0.2, 0.25) is 10.0 Å². The lowest BCUT2D eigenvalue weighted by Gasteiger charge is -2.24. The molecule has 1 aliphatic rings. The van der Waals surface area contributed by atoms with Crippen molar-refractivity contribution in [1.82, 2.24) is 4.72 Å². The molecule has 0 saturated carbocycles. The van der Waals surface area contributed by atoms with Crippen LogP contribution in [0.25, 0.3) is 0 Å². The lowest BCUT2D eigenvalue weighted by atomic mass is 10.0. The predicted octanol–water partition coefficient (Wildman–Crippen LogP) is 1.72. The minimum Gasteiger partial charge on any atom is -0.480 e. The number of halogens is 2. The fourth-order valence-electron chi connectivity index (χ4n) is 1.86. The van der Waals surface area contributed by atoms with Crippen LogP contribution in [0.3, 0.4) is 0 Å². The molecule has 0 bridgehead atoms. The number of carbonyl (C=O) groups is 1. The third-order valence-electron chi connectivity index (χ3n) is 2.97. The summed E-state index contributed by atoms with van der Waals surface area (Å²) in [4.78, 5) is 10.7. The molecule has 9 heteroatoms. The number of thioether (sulfide) groups is 1. The van der Waals surface area contributed by atoms with Gasteiger partial charge in [-0.1, -0.05) is 17.7 Å². The molecule has 2 N–H and O–H groups in total. The summed E-state index contributed by atoms with van der Waals surface area (Å²) >= 11 is 6.87. The zero-order valence-electron chi connectivity index (χ0n) is 10.1. The van der Waals surface area contributed by atoms with E-state index in [0.717, 1.165) is 6.07 Å². The van der Waals surface area contributed by atoms with Crippen molar-refractivity contribution >= 4 is 39.4 Å². The number of nitrogens with one attached hydrogen (secondary N) is 1. The second-order valence-electron chi connectivity index (χ2n) is 4.35. The van der Waals surface area contributed by atoms with Crippen molar-refractivity contribution in [1.29, 1.82) is 0 Å². The zero-order valence-corrected chi connectivity index (χ0v) is 12.5. The molecule has 1 fully saturated rings. The first kappa shape index (κ1) is 15.6. The van der Waals surface area contributed by atoms with Crippen LogP contribution in [0.4, 0.5) is 4.39 Å². The highest BCUT2D eigenvalue weighted by molar-refractivity contribution is 7.99. The summed E-state index contributed by atoms with van der Waals surface area (Å²) < 4.78 is 40.3. The van der Waals surface area contributed by atoms with Crippen LogP contribution in [0.5, 0.6) is 0 Å². The van der Waals surface area contributed by atoms with Gasteiger partial charge in [0, 0.05) is 5.75 Å². The number of benzene rings is 1. The van der Waals surface area contributed by atoms with Gasteiger partial charge >= 0.3 is 5.97 Å². The van der Waals surface area contributed by atoms with E-state index in [-0.39, 0.29) is 17.2 Å². The Labute approximate surface area is 124 Å². The Morgan fingerprint density at radius 1 is 1.50 bits per heavy atom. The van der Waals surface area contributed by atoms with Crippen molar-refractivity contribution in [2.45, 2.75) is 16.9 Å². The van der Waals surface area contributed by atoms with E-state index in [1.807, 2.05) is 0 Å². The molecule has 0 aromatic heterocycles. The quantitative estimate of drug-likeness (QED) is 0.872. The van der Waals surface area contributed by atoms with Crippen LogP contribution >= 0.6 is 23.4 Å². The standard InChI is InChI=1S/C11H11ClFNO4S2/c12-7-2-1-3-8(9(7)13)20(17,18)14-11(10(15)16)4-5-19-6-11/h1-3,14H,4-6H2,(H,15,16). The zero-order chi connectivity index (χ0) is 15.0. The third-order valence-corrected chi connectivity index (χ3v) is 6.00. The number of hydrogen-bond donors (Lipinski definition) is 2. The van der Waals surface area contributed by atoms with Crippen molar-refractivity contribution in [2.75, 3.05) is 11.5 Å². The first-order chi connectivity index (χ1) is 9.28. The van der Waals surface area contributed by atoms with Crippen LogP contribution in [-0.4, -0.2) is 36.5 Å². The van der Waals surface area contributed by atoms with Gasteiger partial charge in [0.25, 0.3) is 0 Å². The summed E-state index contributed by atoms with van der Waals surface area (Å²) in [6.07, 6.45) is 0.147. The SMILES string of the molecule is O=C(O)C1(NS(=O)(=O)c2cccc(Cl)c2F)CCSC1. The number of sulfonamides is 1. The fourth-order valence-corrected chi connectivity index (χ4v) is 5.00. The molecule has 20 heavy (non-hydrogen) atoms. The molecule has 5 nitrogen and oxygen atoms in total. The molecule has 110 valence electrons. The van der Waals surface area contributed by atoms with E-state index < -0.39 is 32.2 Å². The van der Waals surface area contributed by atoms with Gasteiger partial charge in [-0.25, -0.2) is 12.8 Å². The van der Waals surface area contributed by atoms with Crippen molar-refractivity contribution in [3.63, 3.8) is 0 Å². The molecular formula is C11H11ClFNO4S2. The maximum atomic E-state index is 13.8. The second-order valence-corrected chi connectivity index (χ2v) is 7.51. The third kappa shape index (κ3) is 2.78. The Hall–Kier alpha value is -0.830. The van der Waals surface area contributed by atoms with E-state index in [9.17, 15) is 22.7 Å². The van der Waals surface area contributed by atoms with Crippen LogP contribution in [0, 0.1) is 5.82 Å². The molecule has 1 saturated heterocycles. The normalized spacial score (nSPS) is 22.9. The largest absolute Gasteiger partial charge is 0.480 e. The van der Waals surface area contributed by atoms with Crippen LogP contribution in [0.2, 0.25) is 5.02 Å². The van der Waals surface area contributed by atoms with E-state index in [0.29, 0.717) is 5.75 Å². The molecule has 1 atom stereocenters. The molecule has 2 rings (SSSR count). The molecular weight excluding hydrogens is 329 g/mol. The first-order valence-electron chi connectivity index (χ1n) is 5.58. The summed E-state index contributed by atoms with van der Waals surface area (Å²) in [5.41, 5.74) is -1.60. The van der Waals surface area contributed by atoms with Crippen molar-refractivity contribution in [3.8, 4) is 0 Å². The van der Waals surface area contributed by atoms with E-state index in [1.165, 1.54) is 23.9 Å². The van der Waals surface area contributed by atoms with Gasteiger partial charge in [-0.3, -0.25) is 4.79 Å². The summed E-state index contributed by atoms with van der Waals surface area (Å²) in [5, 5.41) is 8.90. The molecule has 1 unspecified atom stereocenters. The minimum atomic E-state index is -4.30. The van der Waals surface area contributed by atoms with Crippen molar-refractivity contribution in [3.05, 3.63) is 29.0 Å². The molecule has 0 amide bonds. The van der Waals surface area contributed by atoms with E-state index >= 15 is 0 Å². The average molecular weight is 340 g/mol.